The van der Waals surface area contributed by atoms with E-state index in [1.165, 1.54) is 11.0 Å². The topological polar surface area (TPSA) is 92.5 Å². The van der Waals surface area contributed by atoms with Crippen LogP contribution in [0.4, 0.5) is 21.5 Å². The van der Waals surface area contributed by atoms with Gasteiger partial charge in [0.2, 0.25) is 17.6 Å². The van der Waals surface area contributed by atoms with Crippen molar-refractivity contribution in [3.05, 3.63) is 63.4 Å². The smallest absolute Gasteiger partial charge is 0.306 e. The molecule has 1 atom stereocenters. The van der Waals surface area contributed by atoms with Crippen molar-refractivity contribution in [2.45, 2.75) is 6.42 Å². The number of nitrogens with zero attached hydrogens (tertiary/aromatic N) is 2. The summed E-state index contributed by atoms with van der Waals surface area (Å²) >= 11 is 5.83. The van der Waals surface area contributed by atoms with Crippen molar-refractivity contribution in [3.63, 3.8) is 0 Å². The summed E-state index contributed by atoms with van der Waals surface area (Å²) in [5.41, 5.74) is 0.000649. The molecule has 1 heterocycles. The Kier molecular flexibility index (Phi) is 4.85. The van der Waals surface area contributed by atoms with E-state index >= 15 is 0 Å². The van der Waals surface area contributed by atoms with E-state index in [0.29, 0.717) is 10.7 Å². The molecule has 2 amide bonds. The minimum Gasteiger partial charge on any atom is -0.326 e. The van der Waals surface area contributed by atoms with Gasteiger partial charge in [-0.1, -0.05) is 11.6 Å². The number of benzene rings is 2. The fourth-order valence-corrected chi connectivity index (χ4v) is 2.85. The lowest BCUT2D eigenvalue weighted by atomic mass is 10.1. The summed E-state index contributed by atoms with van der Waals surface area (Å²) in [5.74, 6) is -2.28. The highest BCUT2D eigenvalue weighted by Crippen LogP contribution is 2.28. The van der Waals surface area contributed by atoms with Crippen molar-refractivity contribution < 1.29 is 18.9 Å². The Balaban J connectivity index is 1.71. The Morgan fingerprint density at radius 2 is 1.96 bits per heavy atom. The number of nitro benzene ring substituents is 1. The summed E-state index contributed by atoms with van der Waals surface area (Å²) in [7, 11) is 0. The standard InChI is InChI=1S/C17H13ClFN3O4/c18-11-1-4-13(5-2-11)21-9-10(7-16(21)23)17(24)20-12-3-6-14(19)15(8-12)22(25)26/h1-6,8,10H,7,9H2,(H,20,24)/t10-/m1/s1. The maximum atomic E-state index is 13.4. The maximum Gasteiger partial charge on any atom is 0.306 e. The summed E-state index contributed by atoms with van der Waals surface area (Å²) in [5, 5.41) is 13.8. The summed E-state index contributed by atoms with van der Waals surface area (Å²) in [4.78, 5) is 36.0. The number of hydrogen-bond donors (Lipinski definition) is 1. The van der Waals surface area contributed by atoms with E-state index in [9.17, 15) is 24.1 Å². The zero-order chi connectivity index (χ0) is 18.8. The van der Waals surface area contributed by atoms with Gasteiger partial charge in [0.25, 0.3) is 0 Å². The summed E-state index contributed by atoms with van der Waals surface area (Å²) < 4.78 is 13.4. The molecule has 1 saturated heterocycles. The van der Waals surface area contributed by atoms with E-state index in [1.807, 2.05) is 0 Å². The molecule has 1 fully saturated rings. The second-order valence-electron chi connectivity index (χ2n) is 5.79. The summed E-state index contributed by atoms with van der Waals surface area (Å²) in [6.45, 7) is 0.176. The average Bonchev–Trinajstić information content (AvgIpc) is 2.99. The first-order valence-corrected chi connectivity index (χ1v) is 8.03. The molecule has 0 radical (unpaired) electrons. The molecule has 0 bridgehead atoms. The Hall–Kier alpha value is -3.00. The van der Waals surface area contributed by atoms with Crippen molar-refractivity contribution in [1.29, 1.82) is 0 Å². The number of anilines is 2. The minimum atomic E-state index is -0.988. The molecule has 2 aromatic rings. The van der Waals surface area contributed by atoms with E-state index in [1.54, 1.807) is 24.3 Å². The van der Waals surface area contributed by atoms with E-state index in [4.69, 9.17) is 11.6 Å². The number of hydrogen-bond acceptors (Lipinski definition) is 4. The lowest BCUT2D eigenvalue weighted by molar-refractivity contribution is -0.387. The molecule has 134 valence electrons. The molecule has 0 aliphatic carbocycles. The molecule has 7 nitrogen and oxygen atoms in total. The van der Waals surface area contributed by atoms with Crippen LogP contribution in [0.2, 0.25) is 5.02 Å². The minimum absolute atomic E-state index is 0.0117. The first kappa shape index (κ1) is 17.8. The highest BCUT2D eigenvalue weighted by atomic mass is 35.5. The lowest BCUT2D eigenvalue weighted by Crippen LogP contribution is -2.28. The van der Waals surface area contributed by atoms with Crippen molar-refractivity contribution in [2.24, 2.45) is 5.92 Å². The molecule has 0 aromatic heterocycles. The van der Waals surface area contributed by atoms with Gasteiger partial charge in [0.15, 0.2) is 0 Å². The zero-order valence-electron chi connectivity index (χ0n) is 13.3. The molecular weight excluding hydrogens is 365 g/mol. The number of rotatable bonds is 4. The van der Waals surface area contributed by atoms with Crippen LogP contribution in [-0.4, -0.2) is 23.3 Å². The van der Waals surface area contributed by atoms with Gasteiger partial charge in [-0.05, 0) is 36.4 Å². The Bertz CT molecular complexity index is 888. The van der Waals surface area contributed by atoms with Crippen molar-refractivity contribution in [3.8, 4) is 0 Å². The number of carbonyl (C=O) groups excluding carboxylic acids is 2. The lowest BCUT2D eigenvalue weighted by Gasteiger charge is -2.16. The van der Waals surface area contributed by atoms with Crippen LogP contribution in [0, 0.1) is 21.8 Å². The third-order valence-corrected chi connectivity index (χ3v) is 4.30. The molecule has 1 N–H and O–H groups in total. The normalized spacial score (nSPS) is 16.6. The molecule has 1 aliphatic rings. The fourth-order valence-electron chi connectivity index (χ4n) is 2.73. The highest BCUT2D eigenvalue weighted by molar-refractivity contribution is 6.30. The molecule has 0 unspecified atom stereocenters. The van der Waals surface area contributed by atoms with Gasteiger partial charge >= 0.3 is 5.69 Å². The SMILES string of the molecule is O=C(Nc1ccc(F)c([N+](=O)[O-])c1)[C@@H]1CC(=O)N(c2ccc(Cl)cc2)C1. The first-order valence-electron chi connectivity index (χ1n) is 7.66. The van der Waals surface area contributed by atoms with Gasteiger partial charge in [-0.15, -0.1) is 0 Å². The number of nitrogens with one attached hydrogen (secondary N) is 1. The van der Waals surface area contributed by atoms with Crippen molar-refractivity contribution >= 4 is 40.5 Å². The number of nitro groups is 1. The van der Waals surface area contributed by atoms with Gasteiger partial charge < -0.3 is 10.2 Å². The Labute approximate surface area is 152 Å². The van der Waals surface area contributed by atoms with Gasteiger partial charge in [0, 0.05) is 35.4 Å². The number of amides is 2. The van der Waals surface area contributed by atoms with Crippen LogP contribution < -0.4 is 10.2 Å². The van der Waals surface area contributed by atoms with Crippen LogP contribution >= 0.6 is 11.6 Å². The Morgan fingerprint density at radius 1 is 1.27 bits per heavy atom. The van der Waals surface area contributed by atoms with Gasteiger partial charge in [0.1, 0.15) is 0 Å². The summed E-state index contributed by atoms with van der Waals surface area (Å²) in [6, 6.07) is 9.75. The van der Waals surface area contributed by atoms with Crippen molar-refractivity contribution in [1.82, 2.24) is 0 Å². The van der Waals surface area contributed by atoms with Crippen LogP contribution in [0.3, 0.4) is 0 Å². The molecular formula is C17H13ClFN3O4. The van der Waals surface area contributed by atoms with Crippen LogP contribution in [0.25, 0.3) is 0 Å². The van der Waals surface area contributed by atoms with E-state index < -0.39 is 28.3 Å². The van der Waals surface area contributed by atoms with E-state index in [0.717, 1.165) is 12.1 Å². The predicted octanol–water partition coefficient (Wildman–Crippen LogP) is 3.38. The van der Waals surface area contributed by atoms with Gasteiger partial charge in [-0.25, -0.2) is 0 Å². The van der Waals surface area contributed by atoms with Crippen LogP contribution in [0.5, 0.6) is 0 Å². The second-order valence-corrected chi connectivity index (χ2v) is 6.23. The van der Waals surface area contributed by atoms with Gasteiger partial charge in [-0.2, -0.15) is 4.39 Å². The second kappa shape index (κ2) is 7.09. The molecule has 0 saturated carbocycles. The van der Waals surface area contributed by atoms with Crippen LogP contribution in [0.1, 0.15) is 6.42 Å². The quantitative estimate of drug-likeness (QED) is 0.653. The largest absolute Gasteiger partial charge is 0.326 e. The highest BCUT2D eigenvalue weighted by Gasteiger charge is 2.35. The van der Waals surface area contributed by atoms with Gasteiger partial charge in [-0.3, -0.25) is 19.7 Å². The fraction of sp³-hybridized carbons (Fsp3) is 0.176. The third kappa shape index (κ3) is 3.65. The van der Waals surface area contributed by atoms with E-state index in [2.05, 4.69) is 5.32 Å². The van der Waals surface area contributed by atoms with E-state index in [-0.39, 0.29) is 24.6 Å². The third-order valence-electron chi connectivity index (χ3n) is 4.04. The van der Waals surface area contributed by atoms with Gasteiger partial charge in [0.05, 0.1) is 10.8 Å². The van der Waals surface area contributed by atoms with Crippen LogP contribution in [0.15, 0.2) is 42.5 Å². The first-order chi connectivity index (χ1) is 12.3. The molecule has 2 aromatic carbocycles. The zero-order valence-corrected chi connectivity index (χ0v) is 14.1. The molecule has 26 heavy (non-hydrogen) atoms. The Morgan fingerprint density at radius 3 is 2.62 bits per heavy atom. The number of halogens is 2. The van der Waals surface area contributed by atoms with Crippen LogP contribution in [-0.2, 0) is 9.59 Å². The molecule has 1 aliphatic heterocycles. The number of carbonyl (C=O) groups is 2. The summed E-state index contributed by atoms with van der Waals surface area (Å²) in [6.07, 6.45) is 0.0117. The molecule has 0 spiro atoms. The molecule has 9 heteroatoms. The monoisotopic (exact) mass is 377 g/mol. The molecule has 3 rings (SSSR count). The van der Waals surface area contributed by atoms with Crippen molar-refractivity contribution in [2.75, 3.05) is 16.8 Å². The maximum absolute atomic E-state index is 13.4. The predicted molar refractivity (Wildman–Crippen MR) is 93.6 cm³/mol. The average molecular weight is 378 g/mol.